The molecule has 0 bridgehead atoms. The topological polar surface area (TPSA) is 21.3 Å². The van der Waals surface area contributed by atoms with Crippen molar-refractivity contribution in [2.24, 2.45) is 0 Å². The summed E-state index contributed by atoms with van der Waals surface area (Å²) in [5.74, 6) is 0. The Morgan fingerprint density at radius 3 is 2.59 bits per heavy atom. The summed E-state index contributed by atoms with van der Waals surface area (Å²) < 4.78 is 6.98. The maximum Gasteiger partial charge on any atom is 0.0991 e. The number of thiophene rings is 1. The largest absolute Gasteiger partial charge is 0.379 e. The fourth-order valence-corrected chi connectivity index (χ4v) is 3.11. The van der Waals surface area contributed by atoms with Crippen molar-refractivity contribution in [2.45, 2.75) is 39.3 Å². The zero-order chi connectivity index (χ0) is 12.8. The molecule has 0 saturated heterocycles. The van der Waals surface area contributed by atoms with Crippen molar-refractivity contribution in [1.29, 1.82) is 0 Å². The minimum atomic E-state index is 0.227. The lowest BCUT2D eigenvalue weighted by Crippen LogP contribution is -2.21. The molecule has 0 aliphatic carbocycles. The quantitative estimate of drug-likeness (QED) is 0.747. The molecule has 0 fully saturated rings. The SMILES string of the molecule is CC(C)OCCCNC(C)c1cc(Cl)sc1Cl. The fourth-order valence-electron chi connectivity index (χ4n) is 1.47. The Morgan fingerprint density at radius 1 is 1.35 bits per heavy atom. The summed E-state index contributed by atoms with van der Waals surface area (Å²) in [7, 11) is 0. The third-order valence-corrected chi connectivity index (χ3v) is 3.89. The second-order valence-corrected chi connectivity index (χ2v) is 6.51. The average Bonchev–Trinajstić information content (AvgIpc) is 2.56. The van der Waals surface area contributed by atoms with Gasteiger partial charge in [-0.25, -0.2) is 0 Å². The van der Waals surface area contributed by atoms with Crippen LogP contribution in [0.3, 0.4) is 0 Å². The predicted molar refractivity (Wildman–Crippen MR) is 76.5 cm³/mol. The van der Waals surface area contributed by atoms with Crippen LogP contribution < -0.4 is 5.32 Å². The van der Waals surface area contributed by atoms with Crippen LogP contribution >= 0.6 is 34.5 Å². The summed E-state index contributed by atoms with van der Waals surface area (Å²) in [6.45, 7) is 7.88. The van der Waals surface area contributed by atoms with E-state index in [0.717, 1.165) is 33.8 Å². The minimum absolute atomic E-state index is 0.227. The molecule has 1 aromatic heterocycles. The second-order valence-electron chi connectivity index (χ2n) is 4.23. The molecule has 0 spiro atoms. The van der Waals surface area contributed by atoms with E-state index < -0.39 is 0 Å². The van der Waals surface area contributed by atoms with Crippen molar-refractivity contribution in [2.75, 3.05) is 13.2 Å². The molecule has 0 amide bonds. The molecule has 17 heavy (non-hydrogen) atoms. The summed E-state index contributed by atoms with van der Waals surface area (Å²) in [5, 5.41) is 3.41. The molecular formula is C12H19Cl2NOS. The van der Waals surface area contributed by atoms with Gasteiger partial charge in [0.15, 0.2) is 0 Å². The summed E-state index contributed by atoms with van der Waals surface area (Å²) in [6, 6.07) is 2.15. The third-order valence-electron chi connectivity index (χ3n) is 2.37. The zero-order valence-electron chi connectivity index (χ0n) is 10.4. The fraction of sp³-hybridized carbons (Fsp3) is 0.667. The van der Waals surface area contributed by atoms with E-state index in [0.29, 0.717) is 6.10 Å². The van der Waals surface area contributed by atoms with Gasteiger partial charge >= 0.3 is 0 Å². The first-order valence-corrected chi connectivity index (χ1v) is 7.37. The van der Waals surface area contributed by atoms with E-state index in [2.05, 4.69) is 12.2 Å². The minimum Gasteiger partial charge on any atom is -0.379 e. The van der Waals surface area contributed by atoms with E-state index in [-0.39, 0.29) is 6.04 Å². The molecule has 5 heteroatoms. The second kappa shape index (κ2) is 7.59. The molecule has 1 N–H and O–H groups in total. The Bertz CT molecular complexity index is 341. The molecule has 0 aliphatic rings. The standard InChI is InChI=1S/C12H19Cl2NOS/c1-8(2)16-6-4-5-15-9(3)10-7-11(13)17-12(10)14/h7-9,15H,4-6H2,1-3H3. The van der Waals surface area contributed by atoms with Crippen LogP contribution in [0.15, 0.2) is 6.07 Å². The summed E-state index contributed by atoms with van der Waals surface area (Å²) >= 11 is 13.4. The van der Waals surface area contributed by atoms with Crippen molar-refractivity contribution < 1.29 is 4.74 Å². The van der Waals surface area contributed by atoms with Gasteiger partial charge in [0, 0.05) is 12.6 Å². The molecular weight excluding hydrogens is 277 g/mol. The van der Waals surface area contributed by atoms with Gasteiger partial charge in [0.1, 0.15) is 0 Å². The smallest absolute Gasteiger partial charge is 0.0991 e. The molecule has 0 radical (unpaired) electrons. The van der Waals surface area contributed by atoms with Gasteiger partial charge in [0.25, 0.3) is 0 Å². The van der Waals surface area contributed by atoms with Crippen LogP contribution in [0.2, 0.25) is 8.67 Å². The van der Waals surface area contributed by atoms with Crippen LogP contribution in [0.1, 0.15) is 38.8 Å². The molecule has 98 valence electrons. The maximum atomic E-state index is 6.09. The first kappa shape index (κ1) is 15.3. The molecule has 0 saturated carbocycles. The van der Waals surface area contributed by atoms with Gasteiger partial charge in [-0.2, -0.15) is 0 Å². The highest BCUT2D eigenvalue weighted by molar-refractivity contribution is 7.20. The van der Waals surface area contributed by atoms with Crippen LogP contribution in [0, 0.1) is 0 Å². The summed E-state index contributed by atoms with van der Waals surface area (Å²) in [4.78, 5) is 0. The number of nitrogens with one attached hydrogen (secondary N) is 1. The number of ether oxygens (including phenoxy) is 1. The van der Waals surface area contributed by atoms with Crippen molar-refractivity contribution in [3.8, 4) is 0 Å². The lowest BCUT2D eigenvalue weighted by Gasteiger charge is -2.13. The lowest BCUT2D eigenvalue weighted by molar-refractivity contribution is 0.0768. The van der Waals surface area contributed by atoms with Crippen molar-refractivity contribution in [3.05, 3.63) is 20.3 Å². The molecule has 1 unspecified atom stereocenters. The first-order valence-electron chi connectivity index (χ1n) is 5.80. The Kier molecular flexibility index (Phi) is 6.82. The first-order chi connectivity index (χ1) is 8.00. The molecule has 1 rings (SSSR count). The molecule has 1 aromatic rings. The van der Waals surface area contributed by atoms with Gasteiger partial charge in [-0.1, -0.05) is 23.2 Å². The number of halogens is 2. The average molecular weight is 296 g/mol. The predicted octanol–water partition coefficient (Wildman–Crippen LogP) is 4.52. The van der Waals surface area contributed by atoms with Gasteiger partial charge in [-0.3, -0.25) is 0 Å². The molecule has 1 atom stereocenters. The normalized spacial score (nSPS) is 13.3. The molecule has 0 aliphatic heterocycles. The number of hydrogen-bond acceptors (Lipinski definition) is 3. The highest BCUT2D eigenvalue weighted by Gasteiger charge is 2.12. The van der Waals surface area contributed by atoms with Crippen LogP contribution in [0.25, 0.3) is 0 Å². The van der Waals surface area contributed by atoms with E-state index in [1.54, 1.807) is 0 Å². The Labute approximate surface area is 117 Å². The molecule has 2 nitrogen and oxygen atoms in total. The third kappa shape index (κ3) is 5.58. The maximum absolute atomic E-state index is 6.09. The zero-order valence-corrected chi connectivity index (χ0v) is 12.8. The Hall–Kier alpha value is 0.200. The Morgan fingerprint density at radius 2 is 2.06 bits per heavy atom. The van der Waals surface area contributed by atoms with E-state index in [4.69, 9.17) is 27.9 Å². The highest BCUT2D eigenvalue weighted by atomic mass is 35.5. The highest BCUT2D eigenvalue weighted by Crippen LogP contribution is 2.34. The van der Waals surface area contributed by atoms with E-state index in [9.17, 15) is 0 Å². The van der Waals surface area contributed by atoms with Gasteiger partial charge in [0.05, 0.1) is 14.8 Å². The van der Waals surface area contributed by atoms with E-state index in [1.807, 2.05) is 19.9 Å². The van der Waals surface area contributed by atoms with Crippen LogP contribution in [-0.2, 0) is 4.74 Å². The van der Waals surface area contributed by atoms with Crippen molar-refractivity contribution in [3.63, 3.8) is 0 Å². The van der Waals surface area contributed by atoms with Gasteiger partial charge in [0.2, 0.25) is 0 Å². The van der Waals surface area contributed by atoms with Crippen molar-refractivity contribution in [1.82, 2.24) is 5.32 Å². The summed E-state index contributed by atoms with van der Waals surface area (Å²) in [5.41, 5.74) is 1.08. The van der Waals surface area contributed by atoms with Crippen molar-refractivity contribution >= 4 is 34.5 Å². The van der Waals surface area contributed by atoms with Crippen LogP contribution in [-0.4, -0.2) is 19.3 Å². The van der Waals surface area contributed by atoms with E-state index >= 15 is 0 Å². The monoisotopic (exact) mass is 295 g/mol. The van der Waals surface area contributed by atoms with Gasteiger partial charge in [-0.05, 0) is 45.4 Å². The Balaban J connectivity index is 2.25. The lowest BCUT2D eigenvalue weighted by atomic mass is 10.2. The molecule has 0 aromatic carbocycles. The number of hydrogen-bond donors (Lipinski definition) is 1. The van der Waals surface area contributed by atoms with Crippen LogP contribution in [0.4, 0.5) is 0 Å². The summed E-state index contributed by atoms with van der Waals surface area (Å²) in [6.07, 6.45) is 1.30. The van der Waals surface area contributed by atoms with E-state index in [1.165, 1.54) is 11.3 Å². The molecule has 1 heterocycles. The van der Waals surface area contributed by atoms with Gasteiger partial charge in [-0.15, -0.1) is 11.3 Å². The number of rotatable bonds is 7. The van der Waals surface area contributed by atoms with Crippen LogP contribution in [0.5, 0.6) is 0 Å². The van der Waals surface area contributed by atoms with Gasteiger partial charge < -0.3 is 10.1 Å².